The first-order valence-electron chi connectivity index (χ1n) is 4.19. The van der Waals surface area contributed by atoms with Crippen LogP contribution in [0.25, 0.3) is 0 Å². The van der Waals surface area contributed by atoms with E-state index < -0.39 is 0 Å². The molecule has 0 saturated carbocycles. The minimum absolute atomic E-state index is 0.129. The van der Waals surface area contributed by atoms with Crippen LogP contribution < -0.4 is 0 Å². The van der Waals surface area contributed by atoms with Gasteiger partial charge in [-0.1, -0.05) is 6.58 Å². The summed E-state index contributed by atoms with van der Waals surface area (Å²) in [6.45, 7) is 5.10. The summed E-state index contributed by atoms with van der Waals surface area (Å²) in [5, 5.41) is 0. The standard InChI is InChI=1S/C9H14O3/c1-8(7-10)3-4-9-11-5-2-6-12-9/h7,9H,1-6H2. The lowest BCUT2D eigenvalue weighted by Gasteiger charge is -2.22. The molecular weight excluding hydrogens is 156 g/mol. The molecule has 1 aliphatic rings. The molecule has 0 radical (unpaired) electrons. The number of hydrogen-bond acceptors (Lipinski definition) is 3. The molecule has 1 rings (SSSR count). The SMILES string of the molecule is C=C(C=O)CCC1OCCCO1. The molecule has 68 valence electrons. The van der Waals surface area contributed by atoms with Crippen LogP contribution in [0.2, 0.25) is 0 Å². The van der Waals surface area contributed by atoms with Gasteiger partial charge in [0.05, 0.1) is 13.2 Å². The third-order valence-electron chi connectivity index (χ3n) is 1.76. The number of rotatable bonds is 4. The van der Waals surface area contributed by atoms with Crippen molar-refractivity contribution in [2.75, 3.05) is 13.2 Å². The van der Waals surface area contributed by atoms with E-state index in [0.717, 1.165) is 32.3 Å². The van der Waals surface area contributed by atoms with Crippen LogP contribution >= 0.6 is 0 Å². The molecule has 0 unspecified atom stereocenters. The Bertz CT molecular complexity index is 159. The van der Waals surface area contributed by atoms with Crippen LogP contribution in [0, 0.1) is 0 Å². The second-order valence-electron chi connectivity index (χ2n) is 2.84. The van der Waals surface area contributed by atoms with Crippen molar-refractivity contribution in [2.24, 2.45) is 0 Å². The fourth-order valence-corrected chi connectivity index (χ4v) is 1.07. The van der Waals surface area contributed by atoms with Gasteiger partial charge in [-0.2, -0.15) is 0 Å². The zero-order chi connectivity index (χ0) is 8.81. The smallest absolute Gasteiger partial charge is 0.157 e. The Kier molecular flexibility index (Phi) is 3.97. The van der Waals surface area contributed by atoms with E-state index in [1.54, 1.807) is 0 Å². The van der Waals surface area contributed by atoms with Crippen molar-refractivity contribution in [1.29, 1.82) is 0 Å². The topological polar surface area (TPSA) is 35.5 Å². The molecule has 12 heavy (non-hydrogen) atoms. The molecule has 0 aromatic carbocycles. The number of hydrogen-bond donors (Lipinski definition) is 0. The number of ether oxygens (including phenoxy) is 2. The summed E-state index contributed by atoms with van der Waals surface area (Å²) in [4.78, 5) is 10.2. The quantitative estimate of drug-likeness (QED) is 0.471. The summed E-state index contributed by atoms with van der Waals surface area (Å²) in [6.07, 6.45) is 3.01. The van der Waals surface area contributed by atoms with Gasteiger partial charge >= 0.3 is 0 Å². The van der Waals surface area contributed by atoms with Gasteiger partial charge in [-0.25, -0.2) is 0 Å². The van der Waals surface area contributed by atoms with Crippen molar-refractivity contribution >= 4 is 6.29 Å². The van der Waals surface area contributed by atoms with E-state index in [1.165, 1.54) is 0 Å². The Labute approximate surface area is 72.4 Å². The van der Waals surface area contributed by atoms with Gasteiger partial charge in [-0.05, 0) is 18.4 Å². The normalized spacial score (nSPS) is 19.0. The highest BCUT2D eigenvalue weighted by Crippen LogP contribution is 2.12. The van der Waals surface area contributed by atoms with Gasteiger partial charge in [-0.3, -0.25) is 4.79 Å². The first-order chi connectivity index (χ1) is 5.83. The predicted octanol–water partition coefficient (Wildman–Crippen LogP) is 1.28. The third-order valence-corrected chi connectivity index (χ3v) is 1.76. The summed E-state index contributed by atoms with van der Waals surface area (Å²) in [7, 11) is 0. The average Bonchev–Trinajstić information content (AvgIpc) is 2.16. The zero-order valence-electron chi connectivity index (χ0n) is 7.12. The Balaban J connectivity index is 2.12. The van der Waals surface area contributed by atoms with Crippen LogP contribution in [0.4, 0.5) is 0 Å². The van der Waals surface area contributed by atoms with Crippen molar-refractivity contribution in [3.63, 3.8) is 0 Å². The van der Waals surface area contributed by atoms with Gasteiger partial charge in [0.2, 0.25) is 0 Å². The van der Waals surface area contributed by atoms with Crippen molar-refractivity contribution in [1.82, 2.24) is 0 Å². The van der Waals surface area contributed by atoms with Crippen LogP contribution in [0.3, 0.4) is 0 Å². The van der Waals surface area contributed by atoms with E-state index in [1.807, 2.05) is 0 Å². The minimum atomic E-state index is -0.129. The lowest BCUT2D eigenvalue weighted by atomic mass is 10.2. The summed E-state index contributed by atoms with van der Waals surface area (Å²) < 4.78 is 10.6. The summed E-state index contributed by atoms with van der Waals surface area (Å²) >= 11 is 0. The minimum Gasteiger partial charge on any atom is -0.353 e. The molecule has 0 aromatic heterocycles. The molecule has 0 bridgehead atoms. The lowest BCUT2D eigenvalue weighted by Crippen LogP contribution is -2.24. The molecule has 0 amide bonds. The van der Waals surface area contributed by atoms with Crippen LogP contribution in [0.1, 0.15) is 19.3 Å². The molecule has 1 aliphatic heterocycles. The Hall–Kier alpha value is -0.670. The van der Waals surface area contributed by atoms with Crippen LogP contribution in [0.5, 0.6) is 0 Å². The lowest BCUT2D eigenvalue weighted by molar-refractivity contribution is -0.180. The second kappa shape index (κ2) is 5.06. The zero-order valence-corrected chi connectivity index (χ0v) is 7.12. The molecular formula is C9H14O3. The van der Waals surface area contributed by atoms with Crippen molar-refractivity contribution < 1.29 is 14.3 Å². The maximum absolute atomic E-state index is 10.2. The van der Waals surface area contributed by atoms with Gasteiger partial charge in [0, 0.05) is 6.42 Å². The van der Waals surface area contributed by atoms with Crippen molar-refractivity contribution in [3.8, 4) is 0 Å². The maximum atomic E-state index is 10.2. The molecule has 3 heteroatoms. The Morgan fingerprint density at radius 2 is 2.17 bits per heavy atom. The Morgan fingerprint density at radius 1 is 1.50 bits per heavy atom. The van der Waals surface area contributed by atoms with Gasteiger partial charge in [-0.15, -0.1) is 0 Å². The molecule has 3 nitrogen and oxygen atoms in total. The number of allylic oxidation sites excluding steroid dienone is 1. The van der Waals surface area contributed by atoms with Gasteiger partial charge in [0.25, 0.3) is 0 Å². The number of carbonyl (C=O) groups is 1. The highest BCUT2D eigenvalue weighted by molar-refractivity contribution is 5.71. The van der Waals surface area contributed by atoms with E-state index in [4.69, 9.17) is 9.47 Å². The van der Waals surface area contributed by atoms with Gasteiger partial charge in [0.15, 0.2) is 6.29 Å². The van der Waals surface area contributed by atoms with E-state index in [9.17, 15) is 4.79 Å². The van der Waals surface area contributed by atoms with Gasteiger partial charge < -0.3 is 9.47 Å². The average molecular weight is 170 g/mol. The van der Waals surface area contributed by atoms with E-state index in [0.29, 0.717) is 12.0 Å². The first-order valence-corrected chi connectivity index (χ1v) is 4.19. The van der Waals surface area contributed by atoms with Crippen molar-refractivity contribution in [2.45, 2.75) is 25.6 Å². The van der Waals surface area contributed by atoms with E-state index >= 15 is 0 Å². The van der Waals surface area contributed by atoms with Crippen LogP contribution in [-0.2, 0) is 14.3 Å². The number of aldehydes is 1. The highest BCUT2D eigenvalue weighted by Gasteiger charge is 2.13. The summed E-state index contributed by atoms with van der Waals surface area (Å²) in [6, 6.07) is 0. The molecule has 0 aliphatic carbocycles. The Morgan fingerprint density at radius 3 is 2.75 bits per heavy atom. The molecule has 1 heterocycles. The number of carbonyl (C=O) groups excluding carboxylic acids is 1. The van der Waals surface area contributed by atoms with E-state index in [2.05, 4.69) is 6.58 Å². The fraction of sp³-hybridized carbons (Fsp3) is 0.667. The second-order valence-corrected chi connectivity index (χ2v) is 2.84. The van der Waals surface area contributed by atoms with Crippen molar-refractivity contribution in [3.05, 3.63) is 12.2 Å². The van der Waals surface area contributed by atoms with Crippen LogP contribution in [-0.4, -0.2) is 25.8 Å². The predicted molar refractivity (Wildman–Crippen MR) is 44.7 cm³/mol. The third kappa shape index (κ3) is 3.15. The first kappa shape index (κ1) is 9.42. The summed E-state index contributed by atoms with van der Waals surface area (Å²) in [5.41, 5.74) is 0.604. The fourth-order valence-electron chi connectivity index (χ4n) is 1.07. The monoisotopic (exact) mass is 170 g/mol. The molecule has 0 atom stereocenters. The molecule has 1 fully saturated rings. The highest BCUT2D eigenvalue weighted by atomic mass is 16.7. The van der Waals surface area contributed by atoms with Gasteiger partial charge in [0.1, 0.15) is 6.29 Å². The molecule has 1 saturated heterocycles. The summed E-state index contributed by atoms with van der Waals surface area (Å²) in [5.74, 6) is 0. The molecule has 0 aromatic rings. The van der Waals surface area contributed by atoms with E-state index in [-0.39, 0.29) is 6.29 Å². The maximum Gasteiger partial charge on any atom is 0.157 e. The molecule has 0 spiro atoms. The largest absolute Gasteiger partial charge is 0.353 e. The molecule has 0 N–H and O–H groups in total. The van der Waals surface area contributed by atoms with Crippen LogP contribution in [0.15, 0.2) is 12.2 Å².